The van der Waals surface area contributed by atoms with Crippen molar-refractivity contribution in [3.05, 3.63) is 35.9 Å². The molecule has 0 spiro atoms. The minimum absolute atomic E-state index is 0.261. The minimum atomic E-state index is 0.261. The third kappa shape index (κ3) is 4.73. The van der Waals surface area contributed by atoms with Crippen LogP contribution >= 0.6 is 15.9 Å². The highest BCUT2D eigenvalue weighted by Crippen LogP contribution is 2.20. The molecule has 0 radical (unpaired) electrons. The lowest BCUT2D eigenvalue weighted by Crippen LogP contribution is -2.40. The second-order valence-corrected chi connectivity index (χ2v) is 6.11. The summed E-state index contributed by atoms with van der Waals surface area (Å²) in [5, 5.41) is 1.04. The Bertz CT molecular complexity index is 393. The van der Waals surface area contributed by atoms with Gasteiger partial charge in [0.25, 0.3) is 0 Å². The molecule has 1 aliphatic heterocycles. The van der Waals surface area contributed by atoms with Crippen LogP contribution in [0.15, 0.2) is 30.3 Å². The van der Waals surface area contributed by atoms with E-state index in [4.69, 9.17) is 0 Å². The van der Waals surface area contributed by atoms with Crippen LogP contribution in [0, 0.1) is 5.92 Å². The molecule has 3 heteroatoms. The Morgan fingerprint density at radius 2 is 2.00 bits per heavy atom. The molecule has 104 valence electrons. The number of nitrogens with zero attached hydrogens (tertiary/aromatic N) is 1. The second kappa shape index (κ2) is 7.81. The molecule has 1 aliphatic rings. The predicted octanol–water partition coefficient (Wildman–Crippen LogP) is 3.64. The van der Waals surface area contributed by atoms with E-state index in [1.165, 1.54) is 12.0 Å². The van der Waals surface area contributed by atoms with E-state index < -0.39 is 0 Å². The summed E-state index contributed by atoms with van der Waals surface area (Å²) in [5.74, 6) is 0.732. The van der Waals surface area contributed by atoms with Crippen molar-refractivity contribution in [2.75, 3.05) is 18.4 Å². The number of hydrogen-bond acceptors (Lipinski definition) is 2. The maximum atomic E-state index is 11.9. The summed E-state index contributed by atoms with van der Waals surface area (Å²) >= 11 is 3.45. The van der Waals surface area contributed by atoms with Gasteiger partial charge >= 0.3 is 0 Å². The zero-order valence-electron chi connectivity index (χ0n) is 11.4. The van der Waals surface area contributed by atoms with Crippen LogP contribution in [0.5, 0.6) is 0 Å². The number of halogens is 1. The smallest absolute Gasteiger partial charge is 0.138 e. The first-order valence-electron chi connectivity index (χ1n) is 7.14. The zero-order chi connectivity index (χ0) is 13.5. The van der Waals surface area contributed by atoms with Crippen molar-refractivity contribution < 1.29 is 4.79 Å². The Balaban J connectivity index is 1.84. The van der Waals surface area contributed by atoms with E-state index in [0.717, 1.165) is 44.2 Å². The summed E-state index contributed by atoms with van der Waals surface area (Å²) in [6.45, 7) is 2.84. The lowest BCUT2D eigenvalue weighted by atomic mass is 9.91. The summed E-state index contributed by atoms with van der Waals surface area (Å²) in [6.07, 6.45) is 4.10. The van der Waals surface area contributed by atoms with Crippen molar-refractivity contribution in [1.82, 2.24) is 4.90 Å². The molecule has 19 heavy (non-hydrogen) atoms. The molecule has 2 nitrogen and oxygen atoms in total. The van der Waals surface area contributed by atoms with Gasteiger partial charge in [-0.3, -0.25) is 9.69 Å². The average molecular weight is 324 g/mol. The van der Waals surface area contributed by atoms with E-state index in [1.807, 2.05) is 6.07 Å². The van der Waals surface area contributed by atoms with E-state index in [2.05, 4.69) is 45.1 Å². The average Bonchev–Trinajstić information content (AvgIpc) is 2.44. The monoisotopic (exact) mass is 323 g/mol. The van der Waals surface area contributed by atoms with Crippen molar-refractivity contribution in [2.24, 2.45) is 5.92 Å². The Kier molecular flexibility index (Phi) is 6.05. The van der Waals surface area contributed by atoms with Crippen LogP contribution in [-0.4, -0.2) is 29.1 Å². The first kappa shape index (κ1) is 14.7. The van der Waals surface area contributed by atoms with Crippen molar-refractivity contribution in [2.45, 2.75) is 32.2 Å². The maximum Gasteiger partial charge on any atom is 0.138 e. The fraction of sp³-hybridized carbons (Fsp3) is 0.562. The molecule has 1 unspecified atom stereocenters. The third-order valence-corrected chi connectivity index (χ3v) is 4.35. The quantitative estimate of drug-likeness (QED) is 0.588. The maximum absolute atomic E-state index is 11.9. The fourth-order valence-corrected chi connectivity index (χ4v) is 3.10. The van der Waals surface area contributed by atoms with Gasteiger partial charge in [0, 0.05) is 37.3 Å². The molecule has 2 rings (SSSR count). The Morgan fingerprint density at radius 3 is 2.74 bits per heavy atom. The van der Waals surface area contributed by atoms with Crippen molar-refractivity contribution >= 4 is 21.7 Å². The van der Waals surface area contributed by atoms with Gasteiger partial charge in [-0.2, -0.15) is 0 Å². The number of unbranched alkanes of at least 4 members (excludes halogenated alkanes) is 1. The van der Waals surface area contributed by atoms with E-state index in [0.29, 0.717) is 5.78 Å². The van der Waals surface area contributed by atoms with Crippen molar-refractivity contribution in [3.8, 4) is 0 Å². The SMILES string of the molecule is O=C1CCN(Cc2ccccc2)CC1CCCCBr. The van der Waals surface area contributed by atoms with Crippen molar-refractivity contribution in [3.63, 3.8) is 0 Å². The van der Waals surface area contributed by atoms with Crippen molar-refractivity contribution in [1.29, 1.82) is 0 Å². The molecule has 0 bridgehead atoms. The molecule has 0 amide bonds. The standard InChI is InChI=1S/C16H22BrNO/c17-10-5-4-8-15-13-18(11-9-16(15)19)12-14-6-2-1-3-7-14/h1-3,6-7,15H,4-5,8-13H2. The van der Waals surface area contributed by atoms with Gasteiger partial charge in [-0.1, -0.05) is 52.7 Å². The van der Waals surface area contributed by atoms with Gasteiger partial charge < -0.3 is 0 Å². The fourth-order valence-electron chi connectivity index (χ4n) is 2.70. The summed E-state index contributed by atoms with van der Waals surface area (Å²) < 4.78 is 0. The number of carbonyl (C=O) groups excluding carboxylic acids is 1. The number of alkyl halides is 1. The number of piperidine rings is 1. The summed E-state index contributed by atoms with van der Waals surface area (Å²) in [6, 6.07) is 10.5. The Hall–Kier alpha value is -0.670. The molecular formula is C16H22BrNO. The lowest BCUT2D eigenvalue weighted by Gasteiger charge is -2.31. The number of Topliss-reactive ketones (excluding diaryl/α,β-unsaturated/α-hetero) is 1. The second-order valence-electron chi connectivity index (χ2n) is 5.32. The van der Waals surface area contributed by atoms with Crippen LogP contribution in [0.25, 0.3) is 0 Å². The molecule has 1 heterocycles. The molecule has 1 saturated heterocycles. The van der Waals surface area contributed by atoms with Gasteiger partial charge in [0.15, 0.2) is 0 Å². The van der Waals surface area contributed by atoms with Crippen LogP contribution in [0.4, 0.5) is 0 Å². The van der Waals surface area contributed by atoms with Crippen LogP contribution in [0.2, 0.25) is 0 Å². The van der Waals surface area contributed by atoms with Gasteiger partial charge in [-0.05, 0) is 18.4 Å². The highest BCUT2D eigenvalue weighted by molar-refractivity contribution is 9.09. The van der Waals surface area contributed by atoms with E-state index in [9.17, 15) is 4.79 Å². The van der Waals surface area contributed by atoms with Gasteiger partial charge in [-0.15, -0.1) is 0 Å². The summed E-state index contributed by atoms with van der Waals surface area (Å²) in [5.41, 5.74) is 1.34. The van der Waals surface area contributed by atoms with E-state index in [-0.39, 0.29) is 5.92 Å². The highest BCUT2D eigenvalue weighted by Gasteiger charge is 2.26. The number of rotatable bonds is 6. The first-order valence-corrected chi connectivity index (χ1v) is 8.26. The zero-order valence-corrected chi connectivity index (χ0v) is 12.9. The minimum Gasteiger partial charge on any atom is -0.299 e. The van der Waals surface area contributed by atoms with E-state index in [1.54, 1.807) is 0 Å². The highest BCUT2D eigenvalue weighted by atomic mass is 79.9. The molecule has 0 saturated carbocycles. The largest absolute Gasteiger partial charge is 0.299 e. The lowest BCUT2D eigenvalue weighted by molar-refractivity contribution is -0.126. The van der Waals surface area contributed by atoms with E-state index >= 15 is 0 Å². The number of carbonyl (C=O) groups is 1. The summed E-state index contributed by atoms with van der Waals surface area (Å²) in [7, 11) is 0. The first-order chi connectivity index (χ1) is 9.29. The predicted molar refractivity (Wildman–Crippen MR) is 82.5 cm³/mol. The normalized spacial score (nSPS) is 20.7. The van der Waals surface area contributed by atoms with Crippen LogP contribution in [0.3, 0.4) is 0 Å². The molecule has 0 N–H and O–H groups in total. The molecule has 1 aromatic carbocycles. The third-order valence-electron chi connectivity index (χ3n) is 3.79. The van der Waals surface area contributed by atoms with Gasteiger partial charge in [0.1, 0.15) is 5.78 Å². The Labute approximate surface area is 124 Å². The van der Waals surface area contributed by atoms with Gasteiger partial charge in [-0.25, -0.2) is 0 Å². The van der Waals surface area contributed by atoms with Crippen LogP contribution < -0.4 is 0 Å². The summed E-state index contributed by atoms with van der Waals surface area (Å²) in [4.78, 5) is 14.4. The van der Waals surface area contributed by atoms with Crippen LogP contribution in [-0.2, 0) is 11.3 Å². The van der Waals surface area contributed by atoms with Gasteiger partial charge in [0.05, 0.1) is 0 Å². The molecule has 0 aliphatic carbocycles. The Morgan fingerprint density at radius 1 is 1.21 bits per heavy atom. The number of ketones is 1. The molecular weight excluding hydrogens is 302 g/mol. The van der Waals surface area contributed by atoms with Gasteiger partial charge in [0.2, 0.25) is 0 Å². The number of likely N-dealkylation sites (tertiary alicyclic amines) is 1. The number of hydrogen-bond donors (Lipinski definition) is 0. The number of benzene rings is 1. The molecule has 1 atom stereocenters. The molecule has 0 aromatic heterocycles. The topological polar surface area (TPSA) is 20.3 Å². The molecule has 1 aromatic rings. The molecule has 1 fully saturated rings. The van der Waals surface area contributed by atoms with Crippen LogP contribution in [0.1, 0.15) is 31.2 Å².